The molecule has 0 amide bonds. The third-order valence-electron chi connectivity index (χ3n) is 3.38. The molecule has 2 N–H and O–H groups in total. The second kappa shape index (κ2) is 4.89. The van der Waals surface area contributed by atoms with Gasteiger partial charge in [0, 0.05) is 24.3 Å². The predicted octanol–water partition coefficient (Wildman–Crippen LogP) is 3.35. The van der Waals surface area contributed by atoms with Crippen molar-refractivity contribution in [3.63, 3.8) is 0 Å². The third-order valence-corrected chi connectivity index (χ3v) is 3.38. The second-order valence-electron chi connectivity index (χ2n) is 4.94. The molecule has 20 heavy (non-hydrogen) atoms. The summed E-state index contributed by atoms with van der Waals surface area (Å²) in [5.74, 6) is 1.86. The van der Waals surface area contributed by atoms with Crippen molar-refractivity contribution in [2.75, 3.05) is 17.7 Å². The molecule has 0 saturated carbocycles. The van der Waals surface area contributed by atoms with Crippen LogP contribution in [0.2, 0.25) is 0 Å². The summed E-state index contributed by atoms with van der Waals surface area (Å²) in [6.07, 6.45) is 1.79. The predicted molar refractivity (Wildman–Crippen MR) is 81.7 cm³/mol. The summed E-state index contributed by atoms with van der Waals surface area (Å²) in [4.78, 5) is 6.58. The maximum atomic E-state index is 6.00. The smallest absolute Gasteiger partial charge is 0.123 e. The van der Waals surface area contributed by atoms with Crippen LogP contribution in [-0.4, -0.2) is 12.0 Å². The summed E-state index contributed by atoms with van der Waals surface area (Å²) in [6, 6.07) is 11.8. The lowest BCUT2D eigenvalue weighted by Crippen LogP contribution is -2.16. The molecule has 0 bridgehead atoms. The summed E-state index contributed by atoms with van der Waals surface area (Å²) in [7, 11) is 2.03. The molecular weight excluding hydrogens is 250 g/mol. The van der Waals surface area contributed by atoms with Crippen LogP contribution in [-0.2, 0) is 6.54 Å². The highest BCUT2D eigenvalue weighted by Gasteiger charge is 2.11. The van der Waals surface area contributed by atoms with Gasteiger partial charge in [0.2, 0.25) is 0 Å². The molecular formula is C16H17N3O. The molecule has 2 heterocycles. The van der Waals surface area contributed by atoms with E-state index in [-0.39, 0.29) is 0 Å². The number of aromatic nitrogens is 1. The van der Waals surface area contributed by atoms with Crippen LogP contribution in [0.3, 0.4) is 0 Å². The molecule has 0 radical (unpaired) electrons. The van der Waals surface area contributed by atoms with Crippen molar-refractivity contribution in [2.45, 2.75) is 13.5 Å². The summed E-state index contributed by atoms with van der Waals surface area (Å²) < 4.78 is 5.62. The minimum Gasteiger partial charge on any atom is -0.464 e. The Morgan fingerprint density at radius 2 is 2.05 bits per heavy atom. The van der Waals surface area contributed by atoms with E-state index in [1.165, 1.54) is 0 Å². The van der Waals surface area contributed by atoms with Gasteiger partial charge in [-0.3, -0.25) is 4.98 Å². The number of nitrogens with two attached hydrogens (primary N) is 1. The Morgan fingerprint density at radius 1 is 1.20 bits per heavy atom. The van der Waals surface area contributed by atoms with E-state index in [0.717, 1.165) is 33.8 Å². The maximum Gasteiger partial charge on any atom is 0.123 e. The van der Waals surface area contributed by atoms with Crippen LogP contribution >= 0.6 is 0 Å². The van der Waals surface area contributed by atoms with E-state index in [0.29, 0.717) is 6.54 Å². The van der Waals surface area contributed by atoms with Crippen LogP contribution in [0.25, 0.3) is 10.9 Å². The van der Waals surface area contributed by atoms with Crippen molar-refractivity contribution >= 4 is 22.3 Å². The summed E-state index contributed by atoms with van der Waals surface area (Å²) in [5.41, 5.74) is 8.71. The molecule has 2 aromatic heterocycles. The number of fused-ring (bicyclic) bond motifs is 1. The van der Waals surface area contributed by atoms with Crippen molar-refractivity contribution in [2.24, 2.45) is 0 Å². The Labute approximate surface area is 117 Å². The number of nitrogen functional groups attached to an aromatic ring is 1. The highest BCUT2D eigenvalue weighted by molar-refractivity contribution is 5.98. The summed E-state index contributed by atoms with van der Waals surface area (Å²) in [6.45, 7) is 2.65. The molecule has 1 aromatic carbocycles. The molecule has 0 aliphatic heterocycles. The molecule has 0 atom stereocenters. The molecule has 0 aliphatic rings. The monoisotopic (exact) mass is 267 g/mol. The minimum absolute atomic E-state index is 0.698. The molecule has 3 rings (SSSR count). The molecule has 0 spiro atoms. The van der Waals surface area contributed by atoms with Crippen molar-refractivity contribution in [3.8, 4) is 0 Å². The number of anilines is 2. The average molecular weight is 267 g/mol. The van der Waals surface area contributed by atoms with Crippen molar-refractivity contribution in [1.29, 1.82) is 0 Å². The van der Waals surface area contributed by atoms with E-state index in [2.05, 4.69) is 9.88 Å². The SMILES string of the molecule is Cc1ccc(CN(C)c2ccc(N)c3cccnc23)o1. The first kappa shape index (κ1) is 12.5. The minimum atomic E-state index is 0.698. The van der Waals surface area contributed by atoms with E-state index >= 15 is 0 Å². The highest BCUT2D eigenvalue weighted by Crippen LogP contribution is 2.29. The second-order valence-corrected chi connectivity index (χ2v) is 4.94. The first-order valence-electron chi connectivity index (χ1n) is 6.55. The van der Waals surface area contributed by atoms with Crippen LogP contribution in [0, 0.1) is 6.92 Å². The Kier molecular flexibility index (Phi) is 3.06. The maximum absolute atomic E-state index is 6.00. The fraction of sp³-hybridized carbons (Fsp3) is 0.188. The molecule has 0 fully saturated rings. The standard InChI is InChI=1S/C16H17N3O/c1-11-5-6-12(20-11)10-19(2)15-8-7-14(17)13-4-3-9-18-16(13)15/h3-9H,10,17H2,1-2H3. The van der Waals surface area contributed by atoms with Crippen LogP contribution in [0.1, 0.15) is 11.5 Å². The van der Waals surface area contributed by atoms with Gasteiger partial charge in [0.15, 0.2) is 0 Å². The average Bonchev–Trinajstić information content (AvgIpc) is 2.84. The van der Waals surface area contributed by atoms with Crippen molar-refractivity contribution in [3.05, 3.63) is 54.1 Å². The van der Waals surface area contributed by atoms with E-state index in [1.54, 1.807) is 6.20 Å². The van der Waals surface area contributed by atoms with Gasteiger partial charge >= 0.3 is 0 Å². The molecule has 102 valence electrons. The number of rotatable bonds is 3. The number of nitrogens with zero attached hydrogens (tertiary/aromatic N) is 2. The Bertz CT molecular complexity index is 748. The van der Waals surface area contributed by atoms with Gasteiger partial charge in [-0.25, -0.2) is 0 Å². The topological polar surface area (TPSA) is 55.3 Å². The van der Waals surface area contributed by atoms with Gasteiger partial charge in [-0.15, -0.1) is 0 Å². The number of benzene rings is 1. The van der Waals surface area contributed by atoms with Gasteiger partial charge in [0.1, 0.15) is 11.5 Å². The lowest BCUT2D eigenvalue weighted by molar-refractivity contribution is 0.482. The van der Waals surface area contributed by atoms with Crippen molar-refractivity contribution < 1.29 is 4.42 Å². The fourth-order valence-corrected chi connectivity index (χ4v) is 2.38. The third kappa shape index (κ3) is 2.20. The van der Waals surface area contributed by atoms with Crippen molar-refractivity contribution in [1.82, 2.24) is 4.98 Å². The number of furan rings is 1. The van der Waals surface area contributed by atoms with Gasteiger partial charge < -0.3 is 15.1 Å². The van der Waals surface area contributed by atoms with E-state index in [1.807, 2.05) is 50.4 Å². The summed E-state index contributed by atoms with van der Waals surface area (Å²) in [5, 5.41) is 0.979. The number of hydrogen-bond donors (Lipinski definition) is 1. The van der Waals surface area contributed by atoms with E-state index in [9.17, 15) is 0 Å². The molecule has 3 aromatic rings. The summed E-state index contributed by atoms with van der Waals surface area (Å²) >= 11 is 0. The molecule has 4 nitrogen and oxygen atoms in total. The van der Waals surface area contributed by atoms with Gasteiger partial charge in [0.25, 0.3) is 0 Å². The molecule has 0 unspecified atom stereocenters. The zero-order valence-corrected chi connectivity index (χ0v) is 11.6. The normalized spacial score (nSPS) is 10.9. The van der Waals surface area contributed by atoms with Gasteiger partial charge in [0.05, 0.1) is 17.7 Å². The lowest BCUT2D eigenvalue weighted by Gasteiger charge is -2.20. The number of hydrogen-bond acceptors (Lipinski definition) is 4. The highest BCUT2D eigenvalue weighted by atomic mass is 16.3. The van der Waals surface area contributed by atoms with Crippen LogP contribution in [0.15, 0.2) is 47.0 Å². The molecule has 0 aliphatic carbocycles. The lowest BCUT2D eigenvalue weighted by atomic mass is 10.1. The first-order chi connectivity index (χ1) is 9.65. The zero-order valence-electron chi connectivity index (χ0n) is 11.6. The van der Waals surface area contributed by atoms with E-state index in [4.69, 9.17) is 10.2 Å². The molecule has 0 saturated heterocycles. The number of aryl methyl sites for hydroxylation is 1. The Hall–Kier alpha value is -2.49. The molecule has 4 heteroatoms. The fourth-order valence-electron chi connectivity index (χ4n) is 2.38. The van der Waals surface area contributed by atoms with Crippen LogP contribution in [0.4, 0.5) is 11.4 Å². The zero-order chi connectivity index (χ0) is 14.1. The van der Waals surface area contributed by atoms with Gasteiger partial charge in [-0.2, -0.15) is 0 Å². The van der Waals surface area contributed by atoms with E-state index < -0.39 is 0 Å². The van der Waals surface area contributed by atoms with Crippen LogP contribution < -0.4 is 10.6 Å². The Morgan fingerprint density at radius 3 is 2.80 bits per heavy atom. The largest absolute Gasteiger partial charge is 0.464 e. The van der Waals surface area contributed by atoms with Crippen LogP contribution in [0.5, 0.6) is 0 Å². The first-order valence-corrected chi connectivity index (χ1v) is 6.55. The van der Waals surface area contributed by atoms with Gasteiger partial charge in [-0.1, -0.05) is 0 Å². The van der Waals surface area contributed by atoms with Gasteiger partial charge in [-0.05, 0) is 43.3 Å². The number of pyridine rings is 1. The Balaban J connectivity index is 1.99. The quantitative estimate of drug-likeness (QED) is 0.739.